The highest BCUT2D eigenvalue weighted by Crippen LogP contribution is 2.27. The van der Waals surface area contributed by atoms with E-state index in [1.54, 1.807) is 4.90 Å². The van der Waals surface area contributed by atoms with Gasteiger partial charge < -0.3 is 14.6 Å². The Kier molecular flexibility index (Phi) is 4.90. The van der Waals surface area contributed by atoms with E-state index in [2.05, 4.69) is 4.57 Å². The average Bonchev–Trinajstić information content (AvgIpc) is 2.92. The summed E-state index contributed by atoms with van der Waals surface area (Å²) in [7, 11) is 0. The summed E-state index contributed by atoms with van der Waals surface area (Å²) in [5.74, 6) is -1.20. The Morgan fingerprint density at radius 3 is 2.31 bits per heavy atom. The van der Waals surface area contributed by atoms with E-state index < -0.39 is 5.97 Å². The molecule has 1 fully saturated rings. The minimum atomic E-state index is -0.764. The van der Waals surface area contributed by atoms with Gasteiger partial charge in [0.05, 0.1) is 17.2 Å². The number of hydrogen-bond acceptors (Lipinski definition) is 2. The summed E-state index contributed by atoms with van der Waals surface area (Å²) >= 11 is 0. The quantitative estimate of drug-likeness (QED) is 0.916. The molecule has 26 heavy (non-hydrogen) atoms. The van der Waals surface area contributed by atoms with Crippen LogP contribution in [0.4, 0.5) is 0 Å². The fourth-order valence-corrected chi connectivity index (χ4v) is 3.93. The Balaban J connectivity index is 1.96. The Bertz CT molecular complexity index is 833. The molecule has 1 saturated heterocycles. The predicted molar refractivity (Wildman–Crippen MR) is 101 cm³/mol. The van der Waals surface area contributed by atoms with E-state index in [-0.39, 0.29) is 17.7 Å². The van der Waals surface area contributed by atoms with Gasteiger partial charge in [-0.15, -0.1) is 0 Å². The Labute approximate surface area is 154 Å². The fraction of sp³-hybridized carbons (Fsp3) is 0.429. The van der Waals surface area contributed by atoms with Crippen molar-refractivity contribution in [1.82, 2.24) is 9.47 Å². The molecule has 0 aliphatic carbocycles. The van der Waals surface area contributed by atoms with E-state index in [1.165, 1.54) is 0 Å². The highest BCUT2D eigenvalue weighted by molar-refractivity contribution is 5.98. The van der Waals surface area contributed by atoms with Gasteiger partial charge in [0.2, 0.25) is 0 Å². The molecule has 2 aromatic rings. The lowest BCUT2D eigenvalue weighted by Crippen LogP contribution is -2.45. The van der Waals surface area contributed by atoms with Gasteiger partial charge in [0.15, 0.2) is 0 Å². The van der Waals surface area contributed by atoms with Crippen LogP contribution in [-0.4, -0.2) is 39.5 Å². The number of aryl methyl sites for hydroxylation is 3. The van der Waals surface area contributed by atoms with Gasteiger partial charge in [-0.25, -0.2) is 0 Å². The molecular formula is C21H26N2O3. The van der Waals surface area contributed by atoms with Crippen molar-refractivity contribution < 1.29 is 14.7 Å². The van der Waals surface area contributed by atoms with E-state index in [1.807, 2.05) is 58.0 Å². The third kappa shape index (κ3) is 3.26. The van der Waals surface area contributed by atoms with Gasteiger partial charge in [-0.1, -0.05) is 18.6 Å². The molecule has 1 aliphatic rings. The summed E-state index contributed by atoms with van der Waals surface area (Å²) in [6, 6.07) is 10.0. The monoisotopic (exact) mass is 354 g/mol. The number of aromatic nitrogens is 1. The van der Waals surface area contributed by atoms with Crippen molar-refractivity contribution in [3.8, 4) is 5.69 Å². The van der Waals surface area contributed by atoms with Crippen molar-refractivity contribution in [2.75, 3.05) is 13.1 Å². The molecule has 1 aromatic heterocycles. The number of nitrogens with zero attached hydrogens (tertiary/aromatic N) is 2. The number of carbonyl (C=O) groups excluding carboxylic acids is 1. The first-order valence-electron chi connectivity index (χ1n) is 9.07. The van der Waals surface area contributed by atoms with Crippen LogP contribution in [0, 0.1) is 32.6 Å². The van der Waals surface area contributed by atoms with Gasteiger partial charge in [0.25, 0.3) is 5.91 Å². The lowest BCUT2D eigenvalue weighted by atomic mass is 9.86. The number of aliphatic carboxylic acids is 1. The van der Waals surface area contributed by atoms with E-state index in [9.17, 15) is 14.7 Å². The lowest BCUT2D eigenvalue weighted by molar-refractivity contribution is -0.145. The van der Waals surface area contributed by atoms with E-state index >= 15 is 0 Å². The average molecular weight is 354 g/mol. The maximum Gasteiger partial charge on any atom is 0.306 e. The van der Waals surface area contributed by atoms with Crippen LogP contribution in [0.25, 0.3) is 5.69 Å². The first-order chi connectivity index (χ1) is 12.3. The molecule has 1 amide bonds. The minimum absolute atomic E-state index is 0.0214. The normalized spacial score (nSPS) is 20.2. The van der Waals surface area contributed by atoms with E-state index in [0.717, 1.165) is 22.6 Å². The first kappa shape index (κ1) is 18.2. The van der Waals surface area contributed by atoms with Crippen LogP contribution >= 0.6 is 0 Å². The molecule has 1 N–H and O–H groups in total. The number of piperidine rings is 1. The summed E-state index contributed by atoms with van der Waals surface area (Å²) < 4.78 is 2.10. The van der Waals surface area contributed by atoms with Gasteiger partial charge in [-0.05, 0) is 57.4 Å². The van der Waals surface area contributed by atoms with Crippen LogP contribution in [-0.2, 0) is 4.79 Å². The molecule has 5 heteroatoms. The SMILES string of the molecule is Cc1ccc(-n2c(C)ccc2C)c(C(=O)N2CCC(C(=O)O)C(C)C2)c1. The smallest absolute Gasteiger partial charge is 0.306 e. The third-order valence-electron chi connectivity index (χ3n) is 5.40. The maximum absolute atomic E-state index is 13.3. The molecule has 138 valence electrons. The molecule has 3 rings (SSSR count). The van der Waals surface area contributed by atoms with Gasteiger partial charge in [-0.3, -0.25) is 9.59 Å². The topological polar surface area (TPSA) is 62.5 Å². The summed E-state index contributed by atoms with van der Waals surface area (Å²) in [5.41, 5.74) is 4.76. The molecular weight excluding hydrogens is 328 g/mol. The molecule has 1 aromatic carbocycles. The molecule has 1 aliphatic heterocycles. The maximum atomic E-state index is 13.3. The van der Waals surface area contributed by atoms with Crippen molar-refractivity contribution in [2.24, 2.45) is 11.8 Å². The van der Waals surface area contributed by atoms with Crippen molar-refractivity contribution in [2.45, 2.75) is 34.1 Å². The van der Waals surface area contributed by atoms with Crippen LogP contribution < -0.4 is 0 Å². The molecule has 2 unspecified atom stereocenters. The number of rotatable bonds is 3. The van der Waals surface area contributed by atoms with Crippen LogP contribution in [0.15, 0.2) is 30.3 Å². The molecule has 0 saturated carbocycles. The van der Waals surface area contributed by atoms with Gasteiger partial charge in [0, 0.05) is 24.5 Å². The first-order valence-corrected chi connectivity index (χ1v) is 9.07. The highest BCUT2D eigenvalue weighted by Gasteiger charge is 2.34. The van der Waals surface area contributed by atoms with Crippen LogP contribution in [0.3, 0.4) is 0 Å². The number of carboxylic acids is 1. The van der Waals surface area contributed by atoms with Crippen LogP contribution in [0.5, 0.6) is 0 Å². The fourth-order valence-electron chi connectivity index (χ4n) is 3.93. The summed E-state index contributed by atoms with van der Waals surface area (Å²) in [6.07, 6.45) is 0.505. The van der Waals surface area contributed by atoms with Crippen molar-refractivity contribution in [3.05, 3.63) is 52.8 Å². The molecule has 2 heterocycles. The Morgan fingerprint density at radius 2 is 1.73 bits per heavy atom. The molecule has 0 spiro atoms. The zero-order chi connectivity index (χ0) is 19.0. The summed E-state index contributed by atoms with van der Waals surface area (Å²) in [6.45, 7) is 8.91. The standard InChI is InChI=1S/C21H26N2O3/c1-13-5-8-19(23-15(3)6-7-16(23)4)18(11-13)20(24)22-10-9-17(21(25)26)14(2)12-22/h5-8,11,14,17H,9-10,12H2,1-4H3,(H,25,26). The molecule has 2 atom stereocenters. The van der Waals surface area contributed by atoms with Crippen molar-refractivity contribution in [3.63, 3.8) is 0 Å². The molecule has 5 nitrogen and oxygen atoms in total. The summed E-state index contributed by atoms with van der Waals surface area (Å²) in [4.78, 5) is 26.4. The Hall–Kier alpha value is -2.56. The lowest BCUT2D eigenvalue weighted by Gasteiger charge is -2.35. The van der Waals surface area contributed by atoms with Gasteiger partial charge >= 0.3 is 5.97 Å². The largest absolute Gasteiger partial charge is 0.481 e. The number of carboxylic acid groups (broad SMARTS) is 1. The third-order valence-corrected chi connectivity index (χ3v) is 5.40. The van der Waals surface area contributed by atoms with Crippen molar-refractivity contribution >= 4 is 11.9 Å². The molecule has 0 radical (unpaired) electrons. The van der Waals surface area contributed by atoms with Gasteiger partial charge in [0.1, 0.15) is 0 Å². The molecule has 0 bridgehead atoms. The van der Waals surface area contributed by atoms with E-state index in [4.69, 9.17) is 0 Å². The van der Waals surface area contributed by atoms with Crippen molar-refractivity contribution in [1.29, 1.82) is 0 Å². The van der Waals surface area contributed by atoms with Gasteiger partial charge in [-0.2, -0.15) is 0 Å². The minimum Gasteiger partial charge on any atom is -0.481 e. The number of carbonyl (C=O) groups is 2. The highest BCUT2D eigenvalue weighted by atomic mass is 16.4. The van der Waals surface area contributed by atoms with Crippen LogP contribution in [0.1, 0.15) is 40.7 Å². The second kappa shape index (κ2) is 6.98. The zero-order valence-electron chi connectivity index (χ0n) is 15.8. The number of amides is 1. The number of likely N-dealkylation sites (tertiary alicyclic amines) is 1. The number of hydrogen-bond donors (Lipinski definition) is 1. The Morgan fingerprint density at radius 1 is 1.08 bits per heavy atom. The second-order valence-electron chi connectivity index (χ2n) is 7.43. The predicted octanol–water partition coefficient (Wildman–Crippen LogP) is 3.59. The van der Waals surface area contributed by atoms with E-state index in [0.29, 0.717) is 25.1 Å². The van der Waals surface area contributed by atoms with Crippen LogP contribution in [0.2, 0.25) is 0 Å². The number of benzene rings is 1. The zero-order valence-corrected chi connectivity index (χ0v) is 15.8. The summed E-state index contributed by atoms with van der Waals surface area (Å²) in [5, 5.41) is 9.31. The second-order valence-corrected chi connectivity index (χ2v) is 7.43.